The number of benzene rings is 4. The number of nitriles is 1. The van der Waals surface area contributed by atoms with E-state index < -0.39 is 7.12 Å². The molecule has 5 N–H and O–H groups in total. The second kappa shape index (κ2) is 12.8. The molecule has 0 aliphatic heterocycles. The van der Waals surface area contributed by atoms with Crippen LogP contribution in [-0.4, -0.2) is 26.7 Å². The molecule has 0 aliphatic carbocycles. The van der Waals surface area contributed by atoms with Crippen LogP contribution < -0.4 is 26.2 Å². The van der Waals surface area contributed by atoms with Crippen LogP contribution in [0.2, 0.25) is 0 Å². The molecule has 0 fully saturated rings. The minimum absolute atomic E-state index is 0.0998. The monoisotopic (exact) mass is 570 g/mol. The van der Waals surface area contributed by atoms with Crippen LogP contribution in [0, 0.1) is 11.3 Å². The topological polar surface area (TPSA) is 147 Å². The van der Waals surface area contributed by atoms with E-state index in [1.54, 1.807) is 92.2 Å². The highest BCUT2D eigenvalue weighted by atomic mass is 16.5. The Balaban J connectivity index is 0.000000196. The molecule has 2 aromatic heterocycles. The number of rotatable bonds is 6. The van der Waals surface area contributed by atoms with Gasteiger partial charge < -0.3 is 34.8 Å². The number of fused-ring (bicyclic) bond motifs is 1. The van der Waals surface area contributed by atoms with Crippen LogP contribution in [0.1, 0.15) is 5.56 Å². The van der Waals surface area contributed by atoms with Gasteiger partial charge in [-0.3, -0.25) is 4.79 Å². The summed E-state index contributed by atoms with van der Waals surface area (Å²) >= 11 is 0. The van der Waals surface area contributed by atoms with E-state index in [1.807, 2.05) is 30.3 Å². The maximum absolute atomic E-state index is 12.3. The molecule has 0 spiro atoms. The van der Waals surface area contributed by atoms with Gasteiger partial charge in [0.05, 0.1) is 11.6 Å². The van der Waals surface area contributed by atoms with Crippen molar-refractivity contribution in [2.24, 2.45) is 7.05 Å². The fraction of sp³-hybridized carbons (Fsp3) is 0.0303. The Hall–Kier alpha value is -5.76. The van der Waals surface area contributed by atoms with Gasteiger partial charge in [-0.15, -0.1) is 0 Å². The highest BCUT2D eigenvalue weighted by molar-refractivity contribution is 6.59. The molecule has 9 nitrogen and oxygen atoms in total. The molecule has 0 amide bonds. The number of hydrogen-bond donors (Lipinski definition) is 4. The van der Waals surface area contributed by atoms with E-state index in [0.29, 0.717) is 45.2 Å². The molecular weight excluding hydrogens is 543 g/mol. The van der Waals surface area contributed by atoms with Gasteiger partial charge in [0, 0.05) is 47.1 Å². The van der Waals surface area contributed by atoms with E-state index >= 15 is 0 Å². The van der Waals surface area contributed by atoms with Gasteiger partial charge in [0.15, 0.2) is 0 Å². The first-order chi connectivity index (χ1) is 20.8. The lowest BCUT2D eigenvalue weighted by Gasteiger charge is -2.14. The third kappa shape index (κ3) is 6.60. The summed E-state index contributed by atoms with van der Waals surface area (Å²) in [6.07, 6.45) is 3.52. The Kier molecular flexibility index (Phi) is 8.58. The Bertz CT molecular complexity index is 1960. The number of nitrogens with one attached hydrogen (secondary N) is 1. The molecule has 0 radical (unpaired) electrons. The average molecular weight is 570 g/mol. The number of anilines is 1. The molecule has 6 rings (SSSR count). The molecule has 2 heterocycles. The first-order valence-electron chi connectivity index (χ1n) is 13.3. The number of aryl methyl sites for hydroxylation is 1. The van der Waals surface area contributed by atoms with E-state index in [0.717, 1.165) is 16.5 Å². The molecule has 0 atom stereocenters. The van der Waals surface area contributed by atoms with Gasteiger partial charge in [0.25, 0.3) is 5.56 Å². The van der Waals surface area contributed by atoms with Gasteiger partial charge >= 0.3 is 7.12 Å². The summed E-state index contributed by atoms with van der Waals surface area (Å²) < 4.78 is 13.1. The fourth-order valence-electron chi connectivity index (χ4n) is 4.46. The van der Waals surface area contributed by atoms with Crippen molar-refractivity contribution in [2.75, 3.05) is 5.73 Å². The molecule has 0 saturated heterocycles. The number of hydrogen-bond acceptors (Lipinski definition) is 7. The third-order valence-electron chi connectivity index (χ3n) is 6.57. The van der Waals surface area contributed by atoms with Crippen molar-refractivity contribution in [1.82, 2.24) is 9.55 Å². The van der Waals surface area contributed by atoms with E-state index in [4.69, 9.17) is 30.5 Å². The Morgan fingerprint density at radius 2 is 1.51 bits per heavy atom. The summed E-state index contributed by atoms with van der Waals surface area (Å²) in [5.74, 6) is 2.32. The lowest BCUT2D eigenvalue weighted by Crippen LogP contribution is -2.30. The first-order valence-corrected chi connectivity index (χ1v) is 13.3. The largest absolute Gasteiger partial charge is 0.492 e. The van der Waals surface area contributed by atoms with E-state index in [2.05, 4.69) is 11.1 Å². The smallest absolute Gasteiger partial charge is 0.458 e. The quantitative estimate of drug-likeness (QED) is 0.164. The number of nitrogen functional groups attached to an aromatic ring is 1. The zero-order valence-electron chi connectivity index (χ0n) is 23.1. The summed E-state index contributed by atoms with van der Waals surface area (Å²) in [7, 11) is 0.180. The van der Waals surface area contributed by atoms with Crippen molar-refractivity contribution in [3.05, 3.63) is 131 Å². The number of ether oxygens (including phenoxy) is 2. The van der Waals surface area contributed by atoms with Gasteiger partial charge in [0.1, 0.15) is 28.5 Å². The van der Waals surface area contributed by atoms with Crippen LogP contribution in [0.3, 0.4) is 0 Å². The lowest BCUT2D eigenvalue weighted by atomic mass is 9.79. The van der Waals surface area contributed by atoms with Crippen molar-refractivity contribution < 1.29 is 19.5 Å². The predicted octanol–water partition coefficient (Wildman–Crippen LogP) is 4.94. The normalized spacial score (nSPS) is 10.4. The zero-order chi connectivity index (χ0) is 30.3. The fourth-order valence-corrected chi connectivity index (χ4v) is 4.46. The molecule has 0 unspecified atom stereocenters. The minimum Gasteiger partial charge on any atom is -0.458 e. The van der Waals surface area contributed by atoms with Gasteiger partial charge in [-0.25, -0.2) is 0 Å². The minimum atomic E-state index is -1.53. The number of H-pyrrole nitrogens is 1. The highest BCUT2D eigenvalue weighted by Crippen LogP contribution is 2.37. The molecule has 6 aromatic rings. The van der Waals surface area contributed by atoms with E-state index in [1.165, 1.54) is 4.57 Å². The zero-order valence-corrected chi connectivity index (χ0v) is 23.1. The second-order valence-electron chi connectivity index (χ2n) is 9.55. The van der Waals surface area contributed by atoms with Crippen LogP contribution in [0.4, 0.5) is 5.69 Å². The Morgan fingerprint density at radius 3 is 2.23 bits per heavy atom. The summed E-state index contributed by atoms with van der Waals surface area (Å²) in [5.41, 5.74) is 9.57. The second-order valence-corrected chi connectivity index (χ2v) is 9.55. The lowest BCUT2D eigenvalue weighted by molar-refractivity contribution is 0.420. The molecule has 10 heteroatoms. The van der Waals surface area contributed by atoms with Gasteiger partial charge in [-0.05, 0) is 66.7 Å². The van der Waals surface area contributed by atoms with E-state index in [-0.39, 0.29) is 5.56 Å². The van der Waals surface area contributed by atoms with Crippen molar-refractivity contribution in [3.63, 3.8) is 0 Å². The number of nitrogens with two attached hydrogens (primary N) is 1. The molecular formula is C33H27BN4O5. The van der Waals surface area contributed by atoms with Gasteiger partial charge in [-0.1, -0.05) is 36.4 Å². The molecule has 43 heavy (non-hydrogen) atoms. The molecule has 212 valence electrons. The molecule has 4 aromatic carbocycles. The van der Waals surface area contributed by atoms with Crippen LogP contribution in [0.15, 0.2) is 120 Å². The molecule has 0 saturated carbocycles. The highest BCUT2D eigenvalue weighted by Gasteiger charge is 2.17. The van der Waals surface area contributed by atoms with Gasteiger partial charge in [0.2, 0.25) is 0 Å². The predicted molar refractivity (Wildman–Crippen MR) is 167 cm³/mol. The van der Waals surface area contributed by atoms with Crippen LogP contribution in [0.25, 0.3) is 22.0 Å². The average Bonchev–Trinajstić information content (AvgIpc) is 3.52. The van der Waals surface area contributed by atoms with Gasteiger partial charge in [-0.2, -0.15) is 5.26 Å². The molecule has 0 aliphatic rings. The maximum atomic E-state index is 12.3. The van der Waals surface area contributed by atoms with Crippen molar-refractivity contribution in [2.45, 2.75) is 0 Å². The van der Waals surface area contributed by atoms with Crippen molar-refractivity contribution in [3.8, 4) is 40.2 Å². The number of pyridine rings is 1. The maximum Gasteiger partial charge on any atom is 0.492 e. The third-order valence-corrected chi connectivity index (χ3v) is 6.57. The van der Waals surface area contributed by atoms with Crippen molar-refractivity contribution >= 4 is 29.2 Å². The summed E-state index contributed by atoms with van der Waals surface area (Å²) in [4.78, 5) is 15.3. The van der Waals surface area contributed by atoms with Crippen LogP contribution in [-0.2, 0) is 7.05 Å². The Labute approximate surface area is 247 Å². The van der Waals surface area contributed by atoms with Crippen LogP contribution in [0.5, 0.6) is 23.0 Å². The van der Waals surface area contributed by atoms with Crippen LogP contribution >= 0.6 is 0 Å². The summed E-state index contributed by atoms with van der Waals surface area (Å²) in [5, 5.41) is 28.1. The summed E-state index contributed by atoms with van der Waals surface area (Å²) in [6.45, 7) is 0. The SMILES string of the molecule is Cn1cc(-c2cc(N)ccc2Oc2ccc(C#N)cc2)c2cc[nH]c2c1=O.OB(O)c1ccccc1Oc1ccccc1. The van der Waals surface area contributed by atoms with E-state index in [9.17, 15) is 4.79 Å². The first kappa shape index (κ1) is 28.8. The standard InChI is InChI=1S/C21H16N4O2.C12H11BO3/c1-25-12-18(16-8-9-24-20(16)21(25)26)17-10-14(23)4-7-19(17)27-15-5-2-13(11-22)3-6-15;14-13(15)11-8-4-5-9-12(11)16-10-6-2-1-3-7-10/h2-10,12,24H,23H2,1H3;1-9,14-15H. The molecule has 0 bridgehead atoms. The number of para-hydroxylation sites is 2. The summed E-state index contributed by atoms with van der Waals surface area (Å²) in [6, 6.07) is 32.2. The number of aromatic nitrogens is 2. The number of nitrogens with zero attached hydrogens (tertiary/aromatic N) is 2. The Morgan fingerprint density at radius 1 is 0.837 bits per heavy atom. The van der Waals surface area contributed by atoms with Crippen molar-refractivity contribution in [1.29, 1.82) is 5.26 Å². The number of aromatic amines is 1.